The smallest absolute Gasteiger partial charge is 0.223 e. The lowest BCUT2D eigenvalue weighted by atomic mass is 9.70. The summed E-state index contributed by atoms with van der Waals surface area (Å²) in [6.07, 6.45) is 0.795. The van der Waals surface area contributed by atoms with Gasteiger partial charge in [0.05, 0.1) is 0 Å². The molecule has 17 heavy (non-hydrogen) atoms. The van der Waals surface area contributed by atoms with E-state index in [4.69, 9.17) is 22.4 Å². The van der Waals surface area contributed by atoms with Crippen LogP contribution in [0.5, 0.6) is 0 Å². The van der Waals surface area contributed by atoms with Gasteiger partial charge in [-0.25, -0.2) is 4.98 Å². The second-order valence-corrected chi connectivity index (χ2v) is 4.60. The molecule has 1 aromatic heterocycles. The van der Waals surface area contributed by atoms with Crippen LogP contribution in [-0.4, -0.2) is 39.4 Å². The maximum Gasteiger partial charge on any atom is 0.223 e. The van der Waals surface area contributed by atoms with Crippen LogP contribution < -0.4 is 11.1 Å². The van der Waals surface area contributed by atoms with E-state index in [9.17, 15) is 5.11 Å². The van der Waals surface area contributed by atoms with Crippen LogP contribution in [0.15, 0.2) is 6.07 Å². The number of aliphatic hydroxyl groups is 2. The number of halogens is 1. The fraction of sp³-hybridized carbons (Fsp3) is 0.600. The molecule has 6 nitrogen and oxygen atoms in total. The van der Waals surface area contributed by atoms with Crippen molar-refractivity contribution in [3.05, 3.63) is 11.2 Å². The van der Waals surface area contributed by atoms with Gasteiger partial charge in [0.2, 0.25) is 5.95 Å². The van der Waals surface area contributed by atoms with Gasteiger partial charge in [0, 0.05) is 31.2 Å². The average molecular weight is 259 g/mol. The van der Waals surface area contributed by atoms with E-state index in [1.54, 1.807) is 6.07 Å². The molecule has 1 saturated carbocycles. The van der Waals surface area contributed by atoms with Crippen LogP contribution in [0.4, 0.5) is 11.8 Å². The summed E-state index contributed by atoms with van der Waals surface area (Å²) in [5.41, 5.74) is 5.48. The van der Waals surface area contributed by atoms with Crippen molar-refractivity contribution in [3.63, 3.8) is 0 Å². The lowest BCUT2D eigenvalue weighted by molar-refractivity contribution is 0.0328. The van der Waals surface area contributed by atoms with Crippen molar-refractivity contribution in [2.45, 2.75) is 12.5 Å². The van der Waals surface area contributed by atoms with Gasteiger partial charge in [-0.05, 0) is 12.3 Å². The molecule has 0 radical (unpaired) electrons. The van der Waals surface area contributed by atoms with Gasteiger partial charge in [0.1, 0.15) is 11.0 Å². The molecule has 7 heteroatoms. The number of hydrogen-bond donors (Lipinski definition) is 4. The minimum absolute atomic E-state index is 0.0370. The standard InChI is InChI=1S/C10H15ClN4O2/c11-8-2-9(15-10(12)14-8)13-7-1-5(3-16)6(7)4-17/h2,5-7,16-17H,1,3-4H2,(H3,12,13,14,15). The molecule has 0 amide bonds. The number of aliphatic hydroxyl groups excluding tert-OH is 2. The molecule has 1 aliphatic rings. The van der Waals surface area contributed by atoms with Crippen LogP contribution in [0, 0.1) is 11.8 Å². The Labute approximate surface area is 104 Å². The van der Waals surface area contributed by atoms with E-state index in [1.807, 2.05) is 0 Å². The third-order valence-electron chi connectivity index (χ3n) is 3.17. The van der Waals surface area contributed by atoms with Gasteiger partial charge in [-0.1, -0.05) is 11.6 Å². The maximum absolute atomic E-state index is 9.21. The van der Waals surface area contributed by atoms with Gasteiger partial charge in [0.25, 0.3) is 0 Å². The summed E-state index contributed by atoms with van der Waals surface area (Å²) in [4.78, 5) is 7.76. The largest absolute Gasteiger partial charge is 0.396 e. The Morgan fingerprint density at radius 2 is 2.18 bits per heavy atom. The Morgan fingerprint density at radius 3 is 2.76 bits per heavy atom. The highest BCUT2D eigenvalue weighted by molar-refractivity contribution is 6.29. The molecule has 2 rings (SSSR count). The molecule has 0 bridgehead atoms. The number of aromatic nitrogens is 2. The molecular weight excluding hydrogens is 244 g/mol. The number of rotatable bonds is 4. The Bertz CT molecular complexity index is 384. The highest BCUT2D eigenvalue weighted by Crippen LogP contribution is 2.36. The topological polar surface area (TPSA) is 104 Å². The minimum Gasteiger partial charge on any atom is -0.396 e. The number of nitrogens with zero attached hydrogens (tertiary/aromatic N) is 2. The molecule has 3 atom stereocenters. The predicted molar refractivity (Wildman–Crippen MR) is 64.6 cm³/mol. The summed E-state index contributed by atoms with van der Waals surface area (Å²) in [5.74, 6) is 0.836. The first-order valence-corrected chi connectivity index (χ1v) is 5.80. The lowest BCUT2D eigenvalue weighted by Crippen LogP contribution is -2.49. The van der Waals surface area contributed by atoms with Crippen LogP contribution >= 0.6 is 11.6 Å². The lowest BCUT2D eigenvalue weighted by Gasteiger charge is -2.43. The molecule has 1 aliphatic carbocycles. The van der Waals surface area contributed by atoms with Crippen molar-refractivity contribution in [1.82, 2.24) is 9.97 Å². The SMILES string of the molecule is Nc1nc(Cl)cc(NC2CC(CO)C2CO)n1. The first-order chi connectivity index (χ1) is 8.13. The van der Waals surface area contributed by atoms with E-state index >= 15 is 0 Å². The third kappa shape index (κ3) is 2.59. The molecule has 5 N–H and O–H groups in total. The minimum atomic E-state index is 0.0370. The van der Waals surface area contributed by atoms with Crippen molar-refractivity contribution >= 4 is 23.4 Å². The molecule has 0 aromatic carbocycles. The fourth-order valence-electron chi connectivity index (χ4n) is 2.16. The Hall–Kier alpha value is -1.11. The van der Waals surface area contributed by atoms with Crippen LogP contribution in [0.25, 0.3) is 0 Å². The normalized spacial score (nSPS) is 27.6. The molecule has 0 spiro atoms. The van der Waals surface area contributed by atoms with E-state index < -0.39 is 0 Å². The zero-order valence-electron chi connectivity index (χ0n) is 9.17. The zero-order chi connectivity index (χ0) is 12.4. The molecule has 3 unspecified atom stereocenters. The number of nitrogens with two attached hydrogens (primary N) is 1. The summed E-state index contributed by atoms with van der Waals surface area (Å²) < 4.78 is 0. The molecular formula is C10H15ClN4O2. The summed E-state index contributed by atoms with van der Waals surface area (Å²) in [6, 6.07) is 1.67. The van der Waals surface area contributed by atoms with Gasteiger partial charge in [0.15, 0.2) is 0 Å². The monoisotopic (exact) mass is 258 g/mol. The summed E-state index contributed by atoms with van der Waals surface area (Å²) >= 11 is 5.76. The highest BCUT2D eigenvalue weighted by Gasteiger charge is 2.40. The van der Waals surface area contributed by atoms with Crippen molar-refractivity contribution in [2.75, 3.05) is 24.3 Å². The van der Waals surface area contributed by atoms with Crippen molar-refractivity contribution in [1.29, 1.82) is 0 Å². The Morgan fingerprint density at radius 1 is 1.41 bits per heavy atom. The predicted octanol–water partition coefficient (Wildman–Crippen LogP) is 0.113. The maximum atomic E-state index is 9.21. The molecule has 1 aromatic rings. The number of nitrogens with one attached hydrogen (secondary N) is 1. The summed E-state index contributed by atoms with van der Waals surface area (Å²) in [5, 5.41) is 21.7. The molecule has 1 heterocycles. The molecule has 1 fully saturated rings. The molecule has 0 aliphatic heterocycles. The summed E-state index contributed by atoms with van der Waals surface area (Å²) in [6.45, 7) is 0.132. The number of anilines is 2. The quantitative estimate of drug-likeness (QED) is 0.572. The van der Waals surface area contributed by atoms with Gasteiger partial charge >= 0.3 is 0 Å². The van der Waals surface area contributed by atoms with E-state index in [2.05, 4.69) is 15.3 Å². The average Bonchev–Trinajstić information content (AvgIpc) is 2.22. The second-order valence-electron chi connectivity index (χ2n) is 4.21. The fourth-order valence-corrected chi connectivity index (χ4v) is 2.35. The Balaban J connectivity index is 2.02. The summed E-state index contributed by atoms with van der Waals surface area (Å²) in [7, 11) is 0. The van der Waals surface area contributed by atoms with Gasteiger partial charge < -0.3 is 21.3 Å². The first kappa shape index (κ1) is 12.3. The molecule has 94 valence electrons. The number of nitrogen functional groups attached to an aromatic ring is 1. The van der Waals surface area contributed by atoms with Gasteiger partial charge in [-0.2, -0.15) is 4.98 Å². The van der Waals surface area contributed by atoms with Crippen LogP contribution in [0.3, 0.4) is 0 Å². The van der Waals surface area contributed by atoms with Gasteiger partial charge in [-0.3, -0.25) is 0 Å². The van der Waals surface area contributed by atoms with Gasteiger partial charge in [-0.15, -0.1) is 0 Å². The van der Waals surface area contributed by atoms with Crippen LogP contribution in [-0.2, 0) is 0 Å². The van der Waals surface area contributed by atoms with E-state index in [1.165, 1.54) is 0 Å². The van der Waals surface area contributed by atoms with Crippen molar-refractivity contribution in [2.24, 2.45) is 11.8 Å². The first-order valence-electron chi connectivity index (χ1n) is 5.42. The molecule has 0 saturated heterocycles. The van der Waals surface area contributed by atoms with Crippen molar-refractivity contribution < 1.29 is 10.2 Å². The third-order valence-corrected chi connectivity index (χ3v) is 3.36. The Kier molecular flexibility index (Phi) is 3.66. The van der Waals surface area contributed by atoms with E-state index in [-0.39, 0.29) is 42.2 Å². The van der Waals surface area contributed by atoms with Crippen LogP contribution in [0.1, 0.15) is 6.42 Å². The van der Waals surface area contributed by atoms with E-state index in [0.717, 1.165) is 6.42 Å². The van der Waals surface area contributed by atoms with Crippen molar-refractivity contribution in [3.8, 4) is 0 Å². The zero-order valence-corrected chi connectivity index (χ0v) is 9.93. The van der Waals surface area contributed by atoms with Crippen LogP contribution in [0.2, 0.25) is 5.15 Å². The highest BCUT2D eigenvalue weighted by atomic mass is 35.5. The number of hydrogen-bond acceptors (Lipinski definition) is 6. The van der Waals surface area contributed by atoms with E-state index in [0.29, 0.717) is 5.82 Å². The second kappa shape index (κ2) is 5.03.